The highest BCUT2D eigenvalue weighted by atomic mass is 19.1. The van der Waals surface area contributed by atoms with Gasteiger partial charge in [0, 0.05) is 37.4 Å². The Bertz CT molecular complexity index is 1570. The summed E-state index contributed by atoms with van der Waals surface area (Å²) in [7, 11) is 4.71. The van der Waals surface area contributed by atoms with E-state index >= 15 is 0 Å². The fourth-order valence-electron chi connectivity index (χ4n) is 9.99. The normalized spacial score (nSPS) is 28.4. The van der Waals surface area contributed by atoms with Gasteiger partial charge in [-0.25, -0.2) is 23.7 Å². The van der Waals surface area contributed by atoms with Gasteiger partial charge in [0.05, 0.1) is 33.8 Å². The Morgan fingerprint density at radius 1 is 1.04 bits per heavy atom. The molecule has 0 radical (unpaired) electrons. The molecule has 3 heterocycles. The molecule has 10 atom stereocenters. The molecule has 1 saturated heterocycles. The van der Waals surface area contributed by atoms with Crippen molar-refractivity contribution in [1.82, 2.24) is 35.4 Å². The number of hydrogen-bond donors (Lipinski definition) is 5. The first-order valence-electron chi connectivity index (χ1n) is 19.5. The molecule has 0 spiro atoms. The van der Waals surface area contributed by atoms with Crippen molar-refractivity contribution in [3.05, 3.63) is 35.4 Å². The molecule has 14 nitrogen and oxygen atoms in total. The zero-order valence-corrected chi connectivity index (χ0v) is 32.1. The van der Waals surface area contributed by atoms with E-state index < -0.39 is 24.7 Å². The minimum atomic E-state index is -1.24. The number of carbonyl (C=O) groups is 3. The summed E-state index contributed by atoms with van der Waals surface area (Å²) in [5, 5.41) is 15.0. The van der Waals surface area contributed by atoms with Gasteiger partial charge in [-0.05, 0) is 87.9 Å². The molecule has 1 aliphatic heterocycles. The number of alkyl carbamates (subject to hydrolysis) is 1. The molecule has 3 amide bonds. The van der Waals surface area contributed by atoms with Gasteiger partial charge in [-0.1, -0.05) is 13.8 Å². The van der Waals surface area contributed by atoms with Gasteiger partial charge in [-0.3, -0.25) is 14.9 Å². The SMILES string of the molecule is COC(=O)NC(C(=O)N(Cc1ncc(C2CCC3C(C2)C2CCC(c4c[n+](C)c(C5CCCN5C(=O)CNC(O)OC)[nH]4)CC32)[nH]1)CC(C)F)C(C)C. The number of likely N-dealkylation sites (tertiary alicyclic amines) is 1. The molecular weight excluding hydrogens is 683 g/mol. The van der Waals surface area contributed by atoms with E-state index in [0.717, 1.165) is 61.4 Å². The van der Waals surface area contributed by atoms with Crippen LogP contribution in [0.5, 0.6) is 0 Å². The van der Waals surface area contributed by atoms with Crippen LogP contribution < -0.4 is 15.2 Å². The number of imidazole rings is 2. The smallest absolute Gasteiger partial charge is 0.407 e. The first-order chi connectivity index (χ1) is 25.4. The van der Waals surface area contributed by atoms with Gasteiger partial charge in [0.25, 0.3) is 5.82 Å². The van der Waals surface area contributed by atoms with Crippen molar-refractivity contribution in [2.45, 2.75) is 115 Å². The zero-order valence-electron chi connectivity index (χ0n) is 32.1. The maximum Gasteiger partial charge on any atom is 0.407 e. The van der Waals surface area contributed by atoms with Gasteiger partial charge < -0.3 is 34.7 Å². The molecule has 2 aromatic heterocycles. The minimum absolute atomic E-state index is 0.0122. The number of amides is 3. The van der Waals surface area contributed by atoms with Gasteiger partial charge in [-0.15, -0.1) is 0 Å². The number of ether oxygens (including phenoxy) is 2. The predicted molar refractivity (Wildman–Crippen MR) is 193 cm³/mol. The number of halogens is 1. The third-order valence-corrected chi connectivity index (χ3v) is 12.6. The number of alkyl halides is 1. The van der Waals surface area contributed by atoms with Crippen molar-refractivity contribution in [3.8, 4) is 0 Å². The lowest BCUT2D eigenvalue weighted by molar-refractivity contribution is -0.680. The van der Waals surface area contributed by atoms with Crippen LogP contribution in [0.2, 0.25) is 0 Å². The topological polar surface area (TPSA) is 169 Å². The van der Waals surface area contributed by atoms with Crippen LogP contribution in [-0.2, 0) is 32.7 Å². The van der Waals surface area contributed by atoms with Crippen LogP contribution in [0.3, 0.4) is 0 Å². The lowest BCUT2D eigenvalue weighted by atomic mass is 9.45. The van der Waals surface area contributed by atoms with Crippen LogP contribution in [0, 0.1) is 29.6 Å². The highest BCUT2D eigenvalue weighted by Gasteiger charge is 2.55. The average molecular weight is 744 g/mol. The fraction of sp³-hybridized carbons (Fsp3) is 0.763. The second-order valence-corrected chi connectivity index (χ2v) is 16.2. The molecule has 294 valence electrons. The maximum absolute atomic E-state index is 14.3. The summed E-state index contributed by atoms with van der Waals surface area (Å²) in [5.74, 6) is 4.81. The summed E-state index contributed by atoms with van der Waals surface area (Å²) in [5.41, 5.74) is 2.35. The molecule has 4 fully saturated rings. The molecule has 3 aliphatic carbocycles. The van der Waals surface area contributed by atoms with E-state index in [9.17, 15) is 23.9 Å². The number of H-pyrrole nitrogens is 2. The Labute approximate surface area is 312 Å². The number of aryl methyl sites for hydroxylation is 1. The predicted octanol–water partition coefficient (Wildman–Crippen LogP) is 3.52. The summed E-state index contributed by atoms with van der Waals surface area (Å²) < 4.78 is 26.0. The first-order valence-corrected chi connectivity index (χ1v) is 19.5. The summed E-state index contributed by atoms with van der Waals surface area (Å²) in [4.78, 5) is 53.7. The minimum Gasteiger partial charge on any atom is -0.453 e. The lowest BCUT2D eigenvalue weighted by Gasteiger charge is -2.59. The van der Waals surface area contributed by atoms with Crippen LogP contribution in [-0.4, -0.2) is 100 Å². The Kier molecular flexibility index (Phi) is 12.4. The number of fused-ring (bicyclic) bond motifs is 4. The Balaban J connectivity index is 1.04. The van der Waals surface area contributed by atoms with E-state index in [0.29, 0.717) is 30.1 Å². The lowest BCUT2D eigenvalue weighted by Crippen LogP contribution is -2.52. The molecule has 6 rings (SSSR count). The van der Waals surface area contributed by atoms with Crippen molar-refractivity contribution < 1.29 is 37.9 Å². The Hall–Kier alpha value is -3.56. The molecule has 5 N–H and O–H groups in total. The van der Waals surface area contributed by atoms with Crippen molar-refractivity contribution in [3.63, 3.8) is 0 Å². The third-order valence-electron chi connectivity index (χ3n) is 12.6. The first kappa shape index (κ1) is 39.1. The van der Waals surface area contributed by atoms with Crippen molar-refractivity contribution >= 4 is 17.9 Å². The van der Waals surface area contributed by atoms with Crippen LogP contribution in [0.15, 0.2) is 12.4 Å². The molecule has 3 saturated carbocycles. The zero-order chi connectivity index (χ0) is 38.0. The maximum atomic E-state index is 14.3. The van der Waals surface area contributed by atoms with Gasteiger partial charge in [-0.2, -0.15) is 0 Å². The summed E-state index contributed by atoms with van der Waals surface area (Å²) in [6, 6.07) is -0.852. The number of aliphatic hydroxyl groups excluding tert-OH is 1. The number of hydrogen-bond acceptors (Lipinski definition) is 8. The van der Waals surface area contributed by atoms with Gasteiger partial charge in [0.2, 0.25) is 18.2 Å². The number of rotatable bonds is 14. The number of nitrogens with one attached hydrogen (secondary N) is 4. The van der Waals surface area contributed by atoms with E-state index in [1.165, 1.54) is 51.0 Å². The van der Waals surface area contributed by atoms with Crippen LogP contribution >= 0.6 is 0 Å². The van der Waals surface area contributed by atoms with Gasteiger partial charge in [0.1, 0.15) is 36.0 Å². The number of aliphatic hydroxyl groups is 1. The molecule has 2 aromatic rings. The highest BCUT2D eigenvalue weighted by Crippen LogP contribution is 2.63. The van der Waals surface area contributed by atoms with E-state index in [1.54, 1.807) is 0 Å². The third kappa shape index (κ3) is 8.57. The number of methoxy groups -OCH3 is 2. The summed E-state index contributed by atoms with van der Waals surface area (Å²) in [6.45, 7) is 5.84. The van der Waals surface area contributed by atoms with Crippen LogP contribution in [0.1, 0.15) is 113 Å². The quantitative estimate of drug-likeness (QED) is 0.145. The number of aromatic amines is 2. The second-order valence-electron chi connectivity index (χ2n) is 16.2. The molecular formula is C38H60FN8O6+. The fourth-order valence-corrected chi connectivity index (χ4v) is 9.99. The van der Waals surface area contributed by atoms with Crippen molar-refractivity contribution in [2.75, 3.05) is 33.9 Å². The summed E-state index contributed by atoms with van der Waals surface area (Å²) >= 11 is 0. The van der Waals surface area contributed by atoms with Crippen molar-refractivity contribution in [2.24, 2.45) is 36.6 Å². The van der Waals surface area contributed by atoms with Gasteiger partial charge >= 0.3 is 6.09 Å². The van der Waals surface area contributed by atoms with Crippen LogP contribution in [0.25, 0.3) is 0 Å². The molecule has 0 bridgehead atoms. The van der Waals surface area contributed by atoms with Crippen LogP contribution in [0.4, 0.5) is 9.18 Å². The van der Waals surface area contributed by atoms with E-state index in [1.807, 2.05) is 24.9 Å². The van der Waals surface area contributed by atoms with E-state index in [4.69, 9.17) is 9.47 Å². The molecule has 53 heavy (non-hydrogen) atoms. The largest absolute Gasteiger partial charge is 0.453 e. The number of nitrogens with zero attached hydrogens (tertiary/aromatic N) is 4. The average Bonchev–Trinajstić information content (AvgIpc) is 3.90. The second kappa shape index (κ2) is 16.8. The standard InChI is InChI=1S/C38H59FN8O6/c1-21(2)34(44-38(51)53-6)36(49)46(18-22(3)39)20-32-40-16-29(42-32)23-9-11-25-27(14-23)26-12-10-24(15-28(25)26)30-19-45(4)35(43-30)31-8-7-13-47(31)33(48)17-41-37(50)52-5/h16,19,21-28,31,34,37,41,50H,7-15,17-18,20H2,1-6H3,(H2,40,42,44,51)/p+1. The highest BCUT2D eigenvalue weighted by molar-refractivity contribution is 5.86. The van der Waals surface area contributed by atoms with E-state index in [-0.39, 0.29) is 43.4 Å². The monoisotopic (exact) mass is 743 g/mol. The molecule has 15 heteroatoms. The van der Waals surface area contributed by atoms with E-state index in [2.05, 4.69) is 43.4 Å². The Morgan fingerprint density at radius 3 is 2.34 bits per heavy atom. The Morgan fingerprint density at radius 2 is 1.72 bits per heavy atom. The molecule has 10 unspecified atom stereocenters. The summed E-state index contributed by atoms with van der Waals surface area (Å²) in [6.07, 6.45) is 9.83. The van der Waals surface area contributed by atoms with Crippen molar-refractivity contribution in [1.29, 1.82) is 0 Å². The number of carbonyl (C=O) groups excluding carboxylic acids is 3. The van der Waals surface area contributed by atoms with Gasteiger partial charge in [0.15, 0.2) is 0 Å². The molecule has 0 aromatic carbocycles. The molecule has 4 aliphatic rings. The number of aromatic nitrogens is 4.